The van der Waals surface area contributed by atoms with Gasteiger partial charge in [-0.1, -0.05) is 25.6 Å². The first-order chi connectivity index (χ1) is 10.6. The van der Waals surface area contributed by atoms with Crippen molar-refractivity contribution in [2.75, 3.05) is 0 Å². The zero-order valence-electron chi connectivity index (χ0n) is 12.3. The normalized spacial score (nSPS) is 11.5. The lowest BCUT2D eigenvalue weighted by atomic mass is 10.2. The third-order valence-corrected chi connectivity index (χ3v) is 5.80. The minimum atomic E-state index is 0.514. The Balaban J connectivity index is 1.83. The molecule has 0 atom stereocenters. The molecule has 0 N–H and O–H groups in total. The Morgan fingerprint density at radius 3 is 2.82 bits per heavy atom. The van der Waals surface area contributed by atoms with E-state index in [1.54, 1.807) is 29.4 Å². The molecule has 3 aromatic rings. The molecular weight excluding hydrogens is 382 g/mol. The smallest absolute Gasteiger partial charge is 0.200 e. The molecule has 0 unspecified atom stereocenters. The van der Waals surface area contributed by atoms with Crippen molar-refractivity contribution in [2.45, 2.75) is 31.3 Å². The van der Waals surface area contributed by atoms with Crippen LogP contribution in [0, 0.1) is 5.92 Å². The fraction of sp³-hybridized carbons (Fsp3) is 0.333. The lowest BCUT2D eigenvalue weighted by Gasteiger charge is -2.11. The first kappa shape index (κ1) is 15.8. The predicted octanol–water partition coefficient (Wildman–Crippen LogP) is 5.31. The van der Waals surface area contributed by atoms with Crippen LogP contribution in [-0.4, -0.2) is 14.8 Å². The Morgan fingerprint density at radius 1 is 1.32 bits per heavy atom. The topological polar surface area (TPSA) is 43.9 Å². The summed E-state index contributed by atoms with van der Waals surface area (Å²) in [4.78, 5) is 1.32. The van der Waals surface area contributed by atoms with E-state index in [2.05, 4.69) is 56.7 Å². The molecule has 0 saturated carbocycles. The van der Waals surface area contributed by atoms with Crippen molar-refractivity contribution in [3.05, 3.63) is 39.2 Å². The molecule has 0 amide bonds. The zero-order chi connectivity index (χ0) is 15.5. The SMILES string of the molecule is CC(C)Cn1c(SCc2ccc(Br)s2)nnc1-c1ccco1. The molecule has 0 saturated heterocycles. The summed E-state index contributed by atoms with van der Waals surface area (Å²) in [5, 5.41) is 9.61. The minimum absolute atomic E-state index is 0.514. The molecule has 4 nitrogen and oxygen atoms in total. The van der Waals surface area contributed by atoms with E-state index < -0.39 is 0 Å². The van der Waals surface area contributed by atoms with Gasteiger partial charge in [-0.25, -0.2) is 0 Å². The van der Waals surface area contributed by atoms with E-state index in [0.29, 0.717) is 5.92 Å². The molecule has 0 spiro atoms. The maximum Gasteiger partial charge on any atom is 0.200 e. The average Bonchev–Trinajstić information content (AvgIpc) is 3.17. The van der Waals surface area contributed by atoms with Crippen LogP contribution in [0.2, 0.25) is 0 Å². The Hall–Kier alpha value is -1.05. The van der Waals surface area contributed by atoms with E-state index in [4.69, 9.17) is 4.42 Å². The van der Waals surface area contributed by atoms with Gasteiger partial charge in [0.05, 0.1) is 10.0 Å². The number of nitrogens with zero attached hydrogens (tertiary/aromatic N) is 3. The summed E-state index contributed by atoms with van der Waals surface area (Å²) in [6.45, 7) is 5.26. The predicted molar refractivity (Wildman–Crippen MR) is 94.1 cm³/mol. The number of thiophene rings is 1. The maximum absolute atomic E-state index is 5.48. The third-order valence-electron chi connectivity index (χ3n) is 2.98. The Morgan fingerprint density at radius 2 is 2.18 bits per heavy atom. The van der Waals surface area contributed by atoms with Gasteiger partial charge >= 0.3 is 0 Å². The number of rotatable bonds is 6. The van der Waals surface area contributed by atoms with Crippen LogP contribution in [0.5, 0.6) is 0 Å². The fourth-order valence-electron chi connectivity index (χ4n) is 2.08. The largest absolute Gasteiger partial charge is 0.461 e. The van der Waals surface area contributed by atoms with Gasteiger partial charge in [-0.3, -0.25) is 4.57 Å². The van der Waals surface area contributed by atoms with E-state index in [1.807, 2.05) is 12.1 Å². The van der Waals surface area contributed by atoms with Gasteiger partial charge in [0.15, 0.2) is 16.7 Å². The molecule has 7 heteroatoms. The summed E-state index contributed by atoms with van der Waals surface area (Å²) in [6, 6.07) is 8.01. The minimum Gasteiger partial charge on any atom is -0.461 e. The van der Waals surface area contributed by atoms with Crippen LogP contribution in [0.3, 0.4) is 0 Å². The van der Waals surface area contributed by atoms with E-state index in [9.17, 15) is 0 Å². The van der Waals surface area contributed by atoms with Crippen LogP contribution < -0.4 is 0 Å². The van der Waals surface area contributed by atoms with Crippen LogP contribution in [0.25, 0.3) is 11.6 Å². The Bertz CT molecular complexity index is 734. The number of aromatic nitrogens is 3. The van der Waals surface area contributed by atoms with E-state index in [1.165, 1.54) is 4.88 Å². The second-order valence-corrected chi connectivity index (χ2v) is 8.77. The van der Waals surface area contributed by atoms with E-state index in [0.717, 1.165) is 32.8 Å². The molecule has 0 aliphatic heterocycles. The molecule has 22 heavy (non-hydrogen) atoms. The summed E-state index contributed by atoms with van der Waals surface area (Å²) in [5.41, 5.74) is 0. The van der Waals surface area contributed by atoms with Crippen molar-refractivity contribution in [2.24, 2.45) is 5.92 Å². The Kier molecular flexibility index (Phi) is 5.05. The third kappa shape index (κ3) is 3.64. The first-order valence-corrected chi connectivity index (χ1v) is 9.57. The number of hydrogen-bond acceptors (Lipinski definition) is 5. The molecule has 0 bridgehead atoms. The van der Waals surface area contributed by atoms with Crippen LogP contribution in [0.15, 0.2) is 43.9 Å². The fourth-order valence-corrected chi connectivity index (χ4v) is 4.55. The first-order valence-electron chi connectivity index (χ1n) is 6.97. The molecular formula is C15H16BrN3OS2. The zero-order valence-corrected chi connectivity index (χ0v) is 15.5. The molecule has 3 rings (SSSR count). The summed E-state index contributed by atoms with van der Waals surface area (Å²) in [5.74, 6) is 2.97. The van der Waals surface area contributed by atoms with Crippen molar-refractivity contribution in [3.63, 3.8) is 0 Å². The van der Waals surface area contributed by atoms with Crippen LogP contribution in [0.1, 0.15) is 18.7 Å². The second kappa shape index (κ2) is 7.02. The van der Waals surface area contributed by atoms with Gasteiger partial charge in [0.2, 0.25) is 0 Å². The van der Waals surface area contributed by atoms with Gasteiger partial charge in [0, 0.05) is 17.2 Å². The highest BCUT2D eigenvalue weighted by molar-refractivity contribution is 9.11. The number of furan rings is 1. The highest BCUT2D eigenvalue weighted by Crippen LogP contribution is 2.31. The molecule has 3 heterocycles. The molecule has 0 aromatic carbocycles. The van der Waals surface area contributed by atoms with E-state index >= 15 is 0 Å². The highest BCUT2D eigenvalue weighted by Gasteiger charge is 2.17. The number of hydrogen-bond donors (Lipinski definition) is 0. The second-order valence-electron chi connectivity index (χ2n) is 5.28. The molecule has 0 radical (unpaired) electrons. The van der Waals surface area contributed by atoms with Crippen LogP contribution in [0.4, 0.5) is 0 Å². The van der Waals surface area contributed by atoms with Crippen LogP contribution in [-0.2, 0) is 12.3 Å². The molecule has 0 aliphatic rings. The van der Waals surface area contributed by atoms with Gasteiger partial charge in [-0.15, -0.1) is 21.5 Å². The highest BCUT2D eigenvalue weighted by atomic mass is 79.9. The number of halogens is 1. The monoisotopic (exact) mass is 397 g/mol. The van der Waals surface area contributed by atoms with Gasteiger partial charge < -0.3 is 4.42 Å². The molecule has 3 aromatic heterocycles. The van der Waals surface area contributed by atoms with Crippen molar-refractivity contribution >= 4 is 39.0 Å². The van der Waals surface area contributed by atoms with Gasteiger partial charge in [-0.2, -0.15) is 0 Å². The summed E-state index contributed by atoms with van der Waals surface area (Å²) >= 11 is 6.96. The van der Waals surface area contributed by atoms with Crippen LogP contribution >= 0.6 is 39.0 Å². The van der Waals surface area contributed by atoms with Gasteiger partial charge in [0.1, 0.15) is 0 Å². The number of thioether (sulfide) groups is 1. The van der Waals surface area contributed by atoms with Gasteiger partial charge in [0.25, 0.3) is 0 Å². The van der Waals surface area contributed by atoms with Crippen molar-refractivity contribution < 1.29 is 4.42 Å². The summed E-state index contributed by atoms with van der Waals surface area (Å²) < 4.78 is 8.79. The Labute approximate surface area is 146 Å². The van der Waals surface area contributed by atoms with Crippen molar-refractivity contribution in [3.8, 4) is 11.6 Å². The van der Waals surface area contributed by atoms with Gasteiger partial charge in [-0.05, 0) is 46.1 Å². The average molecular weight is 398 g/mol. The molecule has 0 fully saturated rings. The molecule has 0 aliphatic carbocycles. The maximum atomic E-state index is 5.48. The van der Waals surface area contributed by atoms with Crippen molar-refractivity contribution in [1.29, 1.82) is 0 Å². The summed E-state index contributed by atoms with van der Waals surface area (Å²) in [6.07, 6.45) is 1.67. The quantitative estimate of drug-likeness (QED) is 0.528. The summed E-state index contributed by atoms with van der Waals surface area (Å²) in [7, 11) is 0. The van der Waals surface area contributed by atoms with Crippen molar-refractivity contribution in [1.82, 2.24) is 14.8 Å². The lowest BCUT2D eigenvalue weighted by Crippen LogP contribution is -2.07. The molecule has 116 valence electrons. The lowest BCUT2D eigenvalue weighted by molar-refractivity contribution is 0.489. The van der Waals surface area contributed by atoms with E-state index in [-0.39, 0.29) is 0 Å². The standard InChI is InChI=1S/C15H16BrN3OS2/c1-10(2)8-19-14(12-4-3-7-20-12)17-18-15(19)21-9-11-5-6-13(16)22-11/h3-7,10H,8-9H2,1-2H3.